The molecule has 0 radical (unpaired) electrons. The summed E-state index contributed by atoms with van der Waals surface area (Å²) in [5.41, 5.74) is 6.08. The van der Waals surface area contributed by atoms with Gasteiger partial charge in [-0.15, -0.1) is 0 Å². The quantitative estimate of drug-likeness (QED) is 0.479. The molecule has 5 nitrogen and oxygen atoms in total. The van der Waals surface area contributed by atoms with Crippen LogP contribution in [0.25, 0.3) is 0 Å². The molecule has 0 saturated heterocycles. The Labute approximate surface area is 63.0 Å². The van der Waals surface area contributed by atoms with Gasteiger partial charge in [-0.25, -0.2) is 0 Å². The van der Waals surface area contributed by atoms with Crippen LogP contribution >= 0.6 is 0 Å². The fourth-order valence-corrected chi connectivity index (χ4v) is 0.706. The van der Waals surface area contributed by atoms with Gasteiger partial charge in [-0.2, -0.15) is 0 Å². The van der Waals surface area contributed by atoms with Gasteiger partial charge in [-0.05, 0) is 12.5 Å². The molecule has 0 aliphatic rings. The molecule has 1 aromatic heterocycles. The van der Waals surface area contributed by atoms with Crippen LogP contribution in [0, 0.1) is 17.0 Å². The molecule has 0 atom stereocenters. The highest BCUT2D eigenvalue weighted by Gasteiger charge is 2.11. The van der Waals surface area contributed by atoms with E-state index >= 15 is 0 Å². The highest BCUT2D eigenvalue weighted by Crippen LogP contribution is 2.21. The van der Waals surface area contributed by atoms with E-state index in [-0.39, 0.29) is 11.4 Å². The first-order valence-corrected chi connectivity index (χ1v) is 2.97. The zero-order chi connectivity index (χ0) is 8.43. The molecule has 5 heteroatoms. The molecule has 1 rings (SSSR count). The van der Waals surface area contributed by atoms with Gasteiger partial charge in [0.15, 0.2) is 0 Å². The predicted octanol–water partition coefficient (Wildman–Crippen LogP) is 0.880. The first-order chi connectivity index (χ1) is 5.13. The topological polar surface area (TPSA) is 82.0 Å². The second-order valence-corrected chi connectivity index (χ2v) is 2.15. The minimum atomic E-state index is -0.546. The van der Waals surface area contributed by atoms with Crippen molar-refractivity contribution in [2.45, 2.75) is 6.92 Å². The van der Waals surface area contributed by atoms with Crippen LogP contribution in [0.2, 0.25) is 0 Å². The Bertz CT molecular complexity index is 298. The third-order valence-corrected chi connectivity index (χ3v) is 1.36. The third kappa shape index (κ3) is 1.26. The fraction of sp³-hybridized carbons (Fsp3) is 0.167. The first-order valence-electron chi connectivity index (χ1n) is 2.97. The number of aromatic nitrogens is 1. The predicted molar refractivity (Wildman–Crippen MR) is 40.0 cm³/mol. The van der Waals surface area contributed by atoms with Crippen molar-refractivity contribution >= 4 is 11.4 Å². The molecule has 0 aromatic carbocycles. The summed E-state index contributed by atoms with van der Waals surface area (Å²) in [5, 5.41) is 10.3. The van der Waals surface area contributed by atoms with Gasteiger partial charge in [-0.1, -0.05) is 0 Å². The van der Waals surface area contributed by atoms with Crippen molar-refractivity contribution in [1.82, 2.24) is 4.98 Å². The van der Waals surface area contributed by atoms with E-state index in [9.17, 15) is 10.1 Å². The molecule has 0 saturated carbocycles. The number of anilines is 1. The second kappa shape index (κ2) is 2.53. The van der Waals surface area contributed by atoms with E-state index in [1.165, 1.54) is 6.20 Å². The van der Waals surface area contributed by atoms with E-state index in [1.807, 2.05) is 0 Å². The van der Waals surface area contributed by atoms with Crippen LogP contribution in [0.1, 0.15) is 5.56 Å². The maximum absolute atomic E-state index is 10.3. The highest BCUT2D eigenvalue weighted by molar-refractivity contribution is 5.60. The number of hydrogen-bond acceptors (Lipinski definition) is 4. The molecule has 0 amide bonds. The van der Waals surface area contributed by atoms with E-state index < -0.39 is 4.92 Å². The van der Waals surface area contributed by atoms with Crippen LogP contribution < -0.4 is 5.73 Å². The first kappa shape index (κ1) is 7.46. The summed E-state index contributed by atoms with van der Waals surface area (Å²) in [6, 6.07) is 0. The van der Waals surface area contributed by atoms with Crippen molar-refractivity contribution in [3.63, 3.8) is 0 Å². The van der Waals surface area contributed by atoms with Crippen molar-refractivity contribution in [3.05, 3.63) is 28.1 Å². The number of rotatable bonds is 1. The summed E-state index contributed by atoms with van der Waals surface area (Å²) in [4.78, 5) is 13.4. The Kier molecular flexibility index (Phi) is 1.72. The minimum Gasteiger partial charge on any atom is -0.393 e. The lowest BCUT2D eigenvalue weighted by molar-refractivity contribution is -0.384. The van der Waals surface area contributed by atoms with Crippen LogP contribution in [0.15, 0.2) is 12.4 Å². The van der Waals surface area contributed by atoms with Crippen molar-refractivity contribution in [2.24, 2.45) is 0 Å². The van der Waals surface area contributed by atoms with E-state index in [4.69, 9.17) is 5.73 Å². The van der Waals surface area contributed by atoms with Gasteiger partial charge in [-0.3, -0.25) is 15.1 Å². The normalized spacial score (nSPS) is 9.55. The zero-order valence-corrected chi connectivity index (χ0v) is 5.94. The van der Waals surface area contributed by atoms with Crippen LogP contribution in [-0.2, 0) is 0 Å². The Hall–Kier alpha value is -1.65. The van der Waals surface area contributed by atoms with Crippen molar-refractivity contribution < 1.29 is 4.92 Å². The molecule has 0 aliphatic heterocycles. The maximum Gasteiger partial charge on any atom is 0.310 e. The number of pyridine rings is 1. The van der Waals surface area contributed by atoms with Crippen LogP contribution in [0.5, 0.6) is 0 Å². The summed E-state index contributed by atoms with van der Waals surface area (Å²) < 4.78 is 0. The van der Waals surface area contributed by atoms with Crippen LogP contribution in [0.4, 0.5) is 11.4 Å². The average Bonchev–Trinajstić information content (AvgIpc) is 1.94. The standard InChI is InChI=1S/C6H7N3O2/c1-4-2-8-3-5(6(4)7)9(10)11/h2-3H,1H3,(H2,7,8). The molecule has 1 aromatic rings. The van der Waals surface area contributed by atoms with Crippen LogP contribution in [-0.4, -0.2) is 9.91 Å². The Morgan fingerprint density at radius 3 is 2.73 bits per heavy atom. The van der Waals surface area contributed by atoms with Gasteiger partial charge in [0.2, 0.25) is 0 Å². The lowest BCUT2D eigenvalue weighted by atomic mass is 10.2. The molecule has 0 spiro atoms. The zero-order valence-electron chi connectivity index (χ0n) is 5.94. The maximum atomic E-state index is 10.3. The molecule has 0 unspecified atom stereocenters. The molecule has 1 heterocycles. The molecule has 0 fully saturated rings. The summed E-state index contributed by atoms with van der Waals surface area (Å²) >= 11 is 0. The van der Waals surface area contributed by atoms with Gasteiger partial charge < -0.3 is 5.73 Å². The molecule has 11 heavy (non-hydrogen) atoms. The van der Waals surface area contributed by atoms with Crippen LogP contribution in [0.3, 0.4) is 0 Å². The van der Waals surface area contributed by atoms with E-state index in [2.05, 4.69) is 4.98 Å². The SMILES string of the molecule is Cc1cncc([N+](=O)[O-])c1N. The van der Waals surface area contributed by atoms with E-state index in [1.54, 1.807) is 6.92 Å². The third-order valence-electron chi connectivity index (χ3n) is 1.36. The second-order valence-electron chi connectivity index (χ2n) is 2.15. The van der Waals surface area contributed by atoms with Crippen molar-refractivity contribution in [1.29, 1.82) is 0 Å². The summed E-state index contributed by atoms with van der Waals surface area (Å²) in [6.07, 6.45) is 2.63. The van der Waals surface area contributed by atoms with Gasteiger partial charge in [0, 0.05) is 6.20 Å². The smallest absolute Gasteiger partial charge is 0.310 e. The monoisotopic (exact) mass is 153 g/mol. The molecule has 58 valence electrons. The van der Waals surface area contributed by atoms with Gasteiger partial charge in [0.1, 0.15) is 11.9 Å². The number of hydrogen-bond donors (Lipinski definition) is 1. The fourth-order valence-electron chi connectivity index (χ4n) is 0.706. The minimum absolute atomic E-state index is 0.134. The Morgan fingerprint density at radius 2 is 2.27 bits per heavy atom. The van der Waals surface area contributed by atoms with Crippen molar-refractivity contribution in [3.8, 4) is 0 Å². The highest BCUT2D eigenvalue weighted by atomic mass is 16.6. The molecule has 0 aliphatic carbocycles. The lowest BCUT2D eigenvalue weighted by Crippen LogP contribution is -1.98. The number of nitro groups is 1. The largest absolute Gasteiger partial charge is 0.393 e. The van der Waals surface area contributed by atoms with Gasteiger partial charge in [0.25, 0.3) is 0 Å². The molecule has 2 N–H and O–H groups in total. The van der Waals surface area contributed by atoms with Crippen molar-refractivity contribution in [2.75, 3.05) is 5.73 Å². The van der Waals surface area contributed by atoms with E-state index in [0.29, 0.717) is 5.56 Å². The average molecular weight is 153 g/mol. The van der Waals surface area contributed by atoms with Gasteiger partial charge in [0.05, 0.1) is 4.92 Å². The summed E-state index contributed by atoms with van der Waals surface area (Å²) in [7, 11) is 0. The lowest BCUT2D eigenvalue weighted by Gasteiger charge is -1.97. The number of nitrogens with zero attached hydrogens (tertiary/aromatic N) is 2. The Morgan fingerprint density at radius 1 is 1.64 bits per heavy atom. The molecular formula is C6H7N3O2. The molecule has 0 bridgehead atoms. The number of aryl methyl sites for hydroxylation is 1. The molecular weight excluding hydrogens is 146 g/mol. The summed E-state index contributed by atoms with van der Waals surface area (Å²) in [5.74, 6) is 0. The number of nitrogen functional groups attached to an aromatic ring is 1. The summed E-state index contributed by atoms with van der Waals surface area (Å²) in [6.45, 7) is 1.68. The number of nitrogens with two attached hydrogens (primary N) is 1. The van der Waals surface area contributed by atoms with E-state index in [0.717, 1.165) is 6.20 Å². The van der Waals surface area contributed by atoms with Gasteiger partial charge >= 0.3 is 5.69 Å². The Balaban J connectivity index is 3.27.